The number of carbonyl (C=O) groups excluding carboxylic acids is 1. The van der Waals surface area contributed by atoms with Gasteiger partial charge in [-0.1, -0.05) is 49.9 Å². The standard InChI is InChI=1S/C30H27N5O5S.CH4/c1-19-8-3-4-9-20(19)14-28(37)31-21-10-7-11-25(17-21)41(38,39)35-30-29(33-26-12-5-6-13-27(26)34-30)32-22-15-23(36)18-24(16-22)40-2;/h3-13,15-18,36H,14H2,1-2H3,(H,31,37)(H,32,33)(H,34,35);1H4. The number of hydrogen-bond donors (Lipinski definition) is 4. The van der Waals surface area contributed by atoms with Crippen molar-refractivity contribution in [2.45, 2.75) is 25.7 Å². The second-order valence-corrected chi connectivity index (χ2v) is 10.9. The molecule has 4 aromatic carbocycles. The molecular weight excluding hydrogens is 554 g/mol. The van der Waals surface area contributed by atoms with Gasteiger partial charge in [0, 0.05) is 29.6 Å². The number of hydrogen-bond acceptors (Lipinski definition) is 8. The van der Waals surface area contributed by atoms with Crippen LogP contribution in [0.3, 0.4) is 0 Å². The number of rotatable bonds is 9. The fourth-order valence-electron chi connectivity index (χ4n) is 4.18. The summed E-state index contributed by atoms with van der Waals surface area (Å²) in [6, 6.07) is 25.1. The number of carbonyl (C=O) groups is 1. The molecule has 11 heteroatoms. The quantitative estimate of drug-likeness (QED) is 0.165. The van der Waals surface area contributed by atoms with Crippen molar-refractivity contribution in [1.29, 1.82) is 0 Å². The SMILES string of the molecule is C.COc1cc(O)cc(Nc2nc3ccccc3nc2NS(=O)(=O)c2cccc(NC(=O)Cc3ccccc3C)c2)c1. The Hall–Kier alpha value is -5.16. The van der Waals surface area contributed by atoms with Gasteiger partial charge in [0.05, 0.1) is 29.5 Å². The number of amides is 1. The van der Waals surface area contributed by atoms with Crippen LogP contribution in [0.5, 0.6) is 11.5 Å². The van der Waals surface area contributed by atoms with Crippen LogP contribution in [0.1, 0.15) is 18.6 Å². The number of benzene rings is 4. The molecule has 0 spiro atoms. The van der Waals surface area contributed by atoms with E-state index in [9.17, 15) is 18.3 Å². The van der Waals surface area contributed by atoms with E-state index in [1.807, 2.05) is 31.2 Å². The minimum atomic E-state index is -4.16. The Morgan fingerprint density at radius 1 is 0.857 bits per heavy atom. The number of aromatic hydroxyl groups is 1. The third-order valence-electron chi connectivity index (χ3n) is 6.23. The van der Waals surface area contributed by atoms with Gasteiger partial charge in [0.2, 0.25) is 5.91 Å². The van der Waals surface area contributed by atoms with Crippen molar-refractivity contribution in [3.63, 3.8) is 0 Å². The van der Waals surface area contributed by atoms with E-state index in [1.165, 1.54) is 31.4 Å². The molecule has 1 heterocycles. The lowest BCUT2D eigenvalue weighted by molar-refractivity contribution is -0.115. The molecule has 0 saturated heterocycles. The zero-order valence-electron chi connectivity index (χ0n) is 22.3. The average Bonchev–Trinajstić information content (AvgIpc) is 2.94. The minimum Gasteiger partial charge on any atom is -0.508 e. The molecule has 0 unspecified atom stereocenters. The third kappa shape index (κ3) is 6.94. The molecule has 216 valence electrons. The Bertz CT molecular complexity index is 1860. The van der Waals surface area contributed by atoms with Crippen LogP contribution in [0.15, 0.2) is 95.9 Å². The highest BCUT2D eigenvalue weighted by atomic mass is 32.2. The molecule has 0 saturated carbocycles. The van der Waals surface area contributed by atoms with Gasteiger partial charge in [0.1, 0.15) is 11.5 Å². The average molecular weight is 586 g/mol. The molecule has 0 fully saturated rings. The molecule has 5 rings (SSSR count). The van der Waals surface area contributed by atoms with Gasteiger partial charge >= 0.3 is 0 Å². The first-order valence-corrected chi connectivity index (χ1v) is 14.1. The highest BCUT2D eigenvalue weighted by Gasteiger charge is 2.20. The van der Waals surface area contributed by atoms with Gasteiger partial charge in [0.15, 0.2) is 11.6 Å². The smallest absolute Gasteiger partial charge is 0.263 e. The number of phenols is 1. The summed E-state index contributed by atoms with van der Waals surface area (Å²) < 4.78 is 34.7. The van der Waals surface area contributed by atoms with Crippen LogP contribution >= 0.6 is 0 Å². The van der Waals surface area contributed by atoms with Crippen LogP contribution in [-0.4, -0.2) is 36.5 Å². The number of nitrogens with one attached hydrogen (secondary N) is 3. The number of aryl methyl sites for hydroxylation is 1. The van der Waals surface area contributed by atoms with E-state index in [4.69, 9.17) is 4.74 Å². The Morgan fingerprint density at radius 2 is 1.55 bits per heavy atom. The van der Waals surface area contributed by atoms with E-state index >= 15 is 0 Å². The summed E-state index contributed by atoms with van der Waals surface area (Å²) in [6.07, 6.45) is 0.156. The number of phenolic OH excluding ortho intramolecular Hbond substituents is 1. The van der Waals surface area contributed by atoms with Crippen molar-refractivity contribution in [1.82, 2.24) is 9.97 Å². The first-order chi connectivity index (χ1) is 19.7. The van der Waals surface area contributed by atoms with Crippen LogP contribution in [0, 0.1) is 6.92 Å². The summed E-state index contributed by atoms with van der Waals surface area (Å²) in [4.78, 5) is 21.6. The monoisotopic (exact) mass is 585 g/mol. The second kappa shape index (κ2) is 12.6. The molecule has 0 aliphatic rings. The van der Waals surface area contributed by atoms with Crippen molar-refractivity contribution in [2.24, 2.45) is 0 Å². The molecule has 0 radical (unpaired) electrons. The number of ether oxygens (including phenoxy) is 1. The van der Waals surface area contributed by atoms with Crippen LogP contribution in [0.25, 0.3) is 11.0 Å². The van der Waals surface area contributed by atoms with Crippen LogP contribution in [-0.2, 0) is 21.2 Å². The summed E-state index contributed by atoms with van der Waals surface area (Å²) in [5, 5.41) is 15.9. The van der Waals surface area contributed by atoms with Gasteiger partial charge in [-0.2, -0.15) is 0 Å². The van der Waals surface area contributed by atoms with Crippen molar-refractivity contribution in [3.8, 4) is 11.5 Å². The largest absolute Gasteiger partial charge is 0.508 e. The molecule has 10 nitrogen and oxygen atoms in total. The molecular formula is C31H31N5O5S. The van der Waals surface area contributed by atoms with Crippen LogP contribution in [0.4, 0.5) is 23.0 Å². The van der Waals surface area contributed by atoms with E-state index in [0.717, 1.165) is 11.1 Å². The van der Waals surface area contributed by atoms with Gasteiger partial charge in [-0.05, 0) is 48.4 Å². The Balaban J connectivity index is 0.00000405. The minimum absolute atomic E-state index is 0. The molecule has 4 N–H and O–H groups in total. The maximum Gasteiger partial charge on any atom is 0.263 e. The molecule has 0 bridgehead atoms. The fraction of sp³-hybridized carbons (Fsp3) is 0.129. The molecule has 0 aliphatic carbocycles. The van der Waals surface area contributed by atoms with Crippen molar-refractivity contribution in [2.75, 3.05) is 22.5 Å². The zero-order valence-corrected chi connectivity index (χ0v) is 23.1. The molecule has 0 aliphatic heterocycles. The number of para-hydroxylation sites is 2. The first kappa shape index (κ1) is 29.8. The second-order valence-electron chi connectivity index (χ2n) is 9.24. The Labute approximate surface area is 244 Å². The molecule has 0 atom stereocenters. The summed E-state index contributed by atoms with van der Waals surface area (Å²) in [5.74, 6) is 0.131. The highest BCUT2D eigenvalue weighted by molar-refractivity contribution is 7.92. The van der Waals surface area contributed by atoms with E-state index in [2.05, 4.69) is 25.3 Å². The lowest BCUT2D eigenvalue weighted by Crippen LogP contribution is -2.18. The maximum atomic E-state index is 13.5. The van der Waals surface area contributed by atoms with Crippen molar-refractivity contribution in [3.05, 3.63) is 102 Å². The lowest BCUT2D eigenvalue weighted by Gasteiger charge is -2.15. The van der Waals surface area contributed by atoms with E-state index in [-0.39, 0.29) is 42.0 Å². The first-order valence-electron chi connectivity index (χ1n) is 12.6. The van der Waals surface area contributed by atoms with Crippen LogP contribution in [0.2, 0.25) is 0 Å². The summed E-state index contributed by atoms with van der Waals surface area (Å²) >= 11 is 0. The van der Waals surface area contributed by atoms with E-state index in [1.54, 1.807) is 42.5 Å². The van der Waals surface area contributed by atoms with Gasteiger partial charge < -0.3 is 20.5 Å². The van der Waals surface area contributed by atoms with Gasteiger partial charge in [-0.3, -0.25) is 9.52 Å². The van der Waals surface area contributed by atoms with Crippen molar-refractivity contribution < 1.29 is 23.1 Å². The normalized spacial score (nSPS) is 10.9. The van der Waals surface area contributed by atoms with E-state index < -0.39 is 10.0 Å². The van der Waals surface area contributed by atoms with Crippen LogP contribution < -0.4 is 20.1 Å². The number of nitrogens with zero attached hydrogens (tertiary/aromatic N) is 2. The van der Waals surface area contributed by atoms with E-state index in [0.29, 0.717) is 28.2 Å². The van der Waals surface area contributed by atoms with Crippen molar-refractivity contribution >= 4 is 50.0 Å². The van der Waals surface area contributed by atoms with Gasteiger partial charge in [-0.25, -0.2) is 18.4 Å². The molecule has 5 aromatic rings. The summed E-state index contributed by atoms with van der Waals surface area (Å²) in [5.41, 5.74) is 3.62. The maximum absolute atomic E-state index is 13.5. The summed E-state index contributed by atoms with van der Waals surface area (Å²) in [6.45, 7) is 1.93. The Kier molecular flexibility index (Phi) is 8.92. The number of sulfonamides is 1. The summed E-state index contributed by atoms with van der Waals surface area (Å²) in [7, 11) is -2.69. The number of fused-ring (bicyclic) bond motifs is 1. The fourth-order valence-corrected chi connectivity index (χ4v) is 5.24. The number of aromatic nitrogens is 2. The highest BCUT2D eigenvalue weighted by Crippen LogP contribution is 2.31. The topological polar surface area (TPSA) is 143 Å². The van der Waals surface area contributed by atoms with Gasteiger partial charge in [-0.15, -0.1) is 0 Å². The Morgan fingerprint density at radius 3 is 2.26 bits per heavy atom. The molecule has 1 amide bonds. The lowest BCUT2D eigenvalue weighted by atomic mass is 10.1. The number of methoxy groups -OCH3 is 1. The van der Waals surface area contributed by atoms with Gasteiger partial charge in [0.25, 0.3) is 10.0 Å². The predicted octanol–water partition coefficient (Wildman–Crippen LogP) is 6.01. The molecule has 1 aromatic heterocycles. The predicted molar refractivity (Wildman–Crippen MR) is 165 cm³/mol. The molecule has 42 heavy (non-hydrogen) atoms. The number of anilines is 4. The zero-order chi connectivity index (χ0) is 29.0. The third-order valence-corrected chi connectivity index (χ3v) is 7.57.